The van der Waals surface area contributed by atoms with Crippen LogP contribution < -0.4 is 0 Å². The van der Waals surface area contributed by atoms with E-state index < -0.39 is 29.0 Å². The number of carboxylic acid groups (broad SMARTS) is 1. The molecular formula is C31H47O6+. The fourth-order valence-electron chi connectivity index (χ4n) is 9.52. The number of ether oxygens (including phenoxy) is 1. The number of hydrogen-bond donors (Lipinski definition) is 2. The highest BCUT2D eigenvalue weighted by Gasteiger charge is 2.72. The van der Waals surface area contributed by atoms with Crippen molar-refractivity contribution in [2.24, 2.45) is 39.9 Å². The highest BCUT2D eigenvalue weighted by Crippen LogP contribution is 2.74. The molecule has 6 heteroatoms. The fraction of sp³-hybridized carbons (Fsp3) is 0.774. The average Bonchev–Trinajstić information content (AvgIpc) is 3.08. The van der Waals surface area contributed by atoms with E-state index in [1.54, 1.807) is 0 Å². The third-order valence-corrected chi connectivity index (χ3v) is 11.5. The minimum Gasteiger partial charge on any atom is -0.478 e. The second-order valence-electron chi connectivity index (χ2n) is 13.4. The Morgan fingerprint density at radius 3 is 2.46 bits per heavy atom. The van der Waals surface area contributed by atoms with Gasteiger partial charge in [-0.15, -0.1) is 0 Å². The predicted octanol–water partition coefficient (Wildman–Crippen LogP) is 5.85. The smallest absolute Gasteiger partial charge is 0.478 e. The van der Waals surface area contributed by atoms with Crippen molar-refractivity contribution < 1.29 is 29.3 Å². The molecule has 9 atom stereocenters. The summed E-state index contributed by atoms with van der Waals surface area (Å²) in [5.74, 6) is -0.465. The zero-order valence-electron chi connectivity index (χ0n) is 23.8. The number of carboxylic acids is 1. The Bertz CT molecular complexity index is 1040. The SMILES string of the molecule is CC(=[OH+])O[C@H]1C[C@@]2(C)[C@@H](CC[C@H]3[C@@]4(C)CCC(=O)[C@@H](C)[C@@H]4CC(O)[C@@]32C)/C1=C(\CCC=C(C)C)C(=O)O. The summed E-state index contributed by atoms with van der Waals surface area (Å²) in [5, 5.41) is 22.2. The van der Waals surface area contributed by atoms with Gasteiger partial charge in [-0.1, -0.05) is 39.3 Å². The normalized spacial score (nSPS) is 44.3. The molecule has 4 aliphatic carbocycles. The summed E-state index contributed by atoms with van der Waals surface area (Å²) in [7, 11) is 0. The van der Waals surface area contributed by atoms with Gasteiger partial charge in [0.25, 0.3) is 0 Å². The van der Waals surface area contributed by atoms with Crippen LogP contribution >= 0.6 is 0 Å². The van der Waals surface area contributed by atoms with Gasteiger partial charge in [0.05, 0.1) is 13.0 Å². The maximum absolute atomic E-state index is 12.6. The van der Waals surface area contributed by atoms with Crippen LogP contribution in [0.15, 0.2) is 22.8 Å². The number of aliphatic carboxylic acids is 1. The molecule has 0 aromatic carbocycles. The number of Topliss-reactive ketones (excluding diaryl/α,β-unsaturated/α-hetero) is 1. The second-order valence-corrected chi connectivity index (χ2v) is 13.4. The van der Waals surface area contributed by atoms with Crippen LogP contribution in [0.2, 0.25) is 0 Å². The first-order chi connectivity index (χ1) is 17.2. The third kappa shape index (κ3) is 4.22. The number of carbonyl (C=O) groups is 2. The van der Waals surface area contributed by atoms with Crippen LogP contribution in [0.25, 0.3) is 0 Å². The quantitative estimate of drug-likeness (QED) is 0.207. The minimum atomic E-state index is -0.922. The number of aliphatic hydroxyl groups excluding tert-OH is 1. The van der Waals surface area contributed by atoms with Gasteiger partial charge < -0.3 is 19.7 Å². The van der Waals surface area contributed by atoms with E-state index in [-0.39, 0.29) is 35.1 Å². The van der Waals surface area contributed by atoms with E-state index in [1.165, 1.54) is 6.92 Å². The summed E-state index contributed by atoms with van der Waals surface area (Å²) in [5.41, 5.74) is 1.44. The molecule has 0 amide bonds. The first-order valence-electron chi connectivity index (χ1n) is 14.2. The molecule has 0 bridgehead atoms. The van der Waals surface area contributed by atoms with Gasteiger partial charge in [0.2, 0.25) is 6.10 Å². The van der Waals surface area contributed by atoms with Gasteiger partial charge in [-0.3, -0.25) is 4.79 Å². The lowest BCUT2D eigenvalue weighted by Gasteiger charge is -2.68. The zero-order chi connectivity index (χ0) is 27.5. The standard InChI is InChI=1S/C31H46O6/c1-17(2)9-8-10-20(28(35)36)27-21-11-12-25-29(5)14-13-23(33)18(3)22(29)15-26(34)31(25,7)30(21,6)16-24(27)37-19(4)32/h9,18,21-22,24-26,34H,8,10-16H2,1-7H3,(H,35,36)/p+1/b27-20-/t18-,21-,22-,24-,25-,26?,29-,30-,31+/m0/s1. The van der Waals surface area contributed by atoms with Gasteiger partial charge in [0.1, 0.15) is 5.78 Å². The summed E-state index contributed by atoms with van der Waals surface area (Å²) in [6, 6.07) is 0. The number of aliphatic hydroxyl groups is 1. The molecule has 4 saturated carbocycles. The topological polar surface area (TPSA) is 105 Å². The lowest BCUT2D eigenvalue weighted by Crippen LogP contribution is -2.66. The molecule has 1 unspecified atom stereocenters. The fourth-order valence-corrected chi connectivity index (χ4v) is 9.52. The Kier molecular flexibility index (Phi) is 7.33. The molecule has 0 saturated heterocycles. The number of esters is 1. The van der Waals surface area contributed by atoms with E-state index >= 15 is 0 Å². The van der Waals surface area contributed by atoms with E-state index in [9.17, 15) is 24.6 Å². The average molecular weight is 516 g/mol. The van der Waals surface area contributed by atoms with Gasteiger partial charge in [-0.25, -0.2) is 4.79 Å². The maximum atomic E-state index is 12.6. The van der Waals surface area contributed by atoms with E-state index in [0.29, 0.717) is 43.5 Å². The first-order valence-corrected chi connectivity index (χ1v) is 14.2. The van der Waals surface area contributed by atoms with Crippen molar-refractivity contribution in [1.82, 2.24) is 0 Å². The molecule has 0 heterocycles. The maximum Gasteiger partial charge on any atom is 0.479 e. The number of rotatable bonds is 5. The summed E-state index contributed by atoms with van der Waals surface area (Å²) in [6.07, 6.45) is 6.32. The number of carbonyl (C=O) groups excluding carboxylic acids is 2. The summed E-state index contributed by atoms with van der Waals surface area (Å²) < 4.78 is 5.97. The number of ketones is 1. The number of fused-ring (bicyclic) bond motifs is 5. The van der Waals surface area contributed by atoms with Crippen molar-refractivity contribution in [2.45, 2.75) is 112 Å². The molecule has 206 valence electrons. The highest BCUT2D eigenvalue weighted by molar-refractivity contribution is 5.88. The third-order valence-electron chi connectivity index (χ3n) is 11.5. The van der Waals surface area contributed by atoms with Crippen molar-refractivity contribution in [3.8, 4) is 0 Å². The minimum absolute atomic E-state index is 0.0427. The molecule has 37 heavy (non-hydrogen) atoms. The summed E-state index contributed by atoms with van der Waals surface area (Å²) in [4.78, 5) is 35.4. The van der Waals surface area contributed by atoms with E-state index in [1.807, 2.05) is 20.8 Å². The molecular weight excluding hydrogens is 468 g/mol. The summed E-state index contributed by atoms with van der Waals surface area (Å²) in [6.45, 7) is 14.3. The molecule has 3 N–H and O–H groups in total. The lowest BCUT2D eigenvalue weighted by atomic mass is 9.36. The van der Waals surface area contributed by atoms with Gasteiger partial charge in [0.15, 0.2) is 0 Å². The Morgan fingerprint density at radius 2 is 1.86 bits per heavy atom. The molecule has 4 fully saturated rings. The van der Waals surface area contributed by atoms with Crippen LogP contribution in [0.4, 0.5) is 0 Å². The Morgan fingerprint density at radius 1 is 1.19 bits per heavy atom. The largest absolute Gasteiger partial charge is 0.479 e. The van der Waals surface area contributed by atoms with Crippen molar-refractivity contribution in [1.29, 1.82) is 0 Å². The molecule has 0 aromatic heterocycles. The number of allylic oxidation sites excluding steroid dienone is 2. The molecule has 0 aliphatic heterocycles. The zero-order valence-corrected chi connectivity index (χ0v) is 23.8. The molecule has 6 nitrogen and oxygen atoms in total. The van der Waals surface area contributed by atoms with Crippen molar-refractivity contribution >= 4 is 17.7 Å². The first kappa shape index (κ1) is 28.1. The highest BCUT2D eigenvalue weighted by atomic mass is 16.5. The van der Waals surface area contributed by atoms with Gasteiger partial charge in [0, 0.05) is 35.3 Å². The van der Waals surface area contributed by atoms with Crippen LogP contribution in [0, 0.1) is 39.9 Å². The Balaban J connectivity index is 1.82. The van der Waals surface area contributed by atoms with Crippen molar-refractivity contribution in [3.05, 3.63) is 22.8 Å². The molecule has 4 aliphatic rings. The molecule has 4 rings (SSSR count). The van der Waals surface area contributed by atoms with Gasteiger partial charge in [-0.05, 0) is 81.0 Å². The van der Waals surface area contributed by atoms with Crippen LogP contribution in [0.5, 0.6) is 0 Å². The second kappa shape index (κ2) is 9.66. The van der Waals surface area contributed by atoms with Gasteiger partial charge >= 0.3 is 11.9 Å². The van der Waals surface area contributed by atoms with Crippen LogP contribution in [-0.2, 0) is 14.3 Å². The van der Waals surface area contributed by atoms with Crippen molar-refractivity contribution in [3.63, 3.8) is 0 Å². The summed E-state index contributed by atoms with van der Waals surface area (Å²) >= 11 is 0. The number of hydrogen-bond acceptors (Lipinski definition) is 4. The monoisotopic (exact) mass is 515 g/mol. The molecule has 0 radical (unpaired) electrons. The van der Waals surface area contributed by atoms with Gasteiger partial charge in [-0.2, -0.15) is 0 Å². The van der Waals surface area contributed by atoms with Crippen molar-refractivity contribution in [2.75, 3.05) is 0 Å². The molecule has 0 aromatic rings. The van der Waals surface area contributed by atoms with Crippen LogP contribution in [0.3, 0.4) is 0 Å². The van der Waals surface area contributed by atoms with E-state index in [2.05, 4.69) is 26.8 Å². The predicted molar refractivity (Wildman–Crippen MR) is 143 cm³/mol. The molecule has 0 spiro atoms. The Labute approximate surface area is 221 Å². The van der Waals surface area contributed by atoms with Crippen LogP contribution in [-0.4, -0.2) is 44.9 Å². The lowest BCUT2D eigenvalue weighted by molar-refractivity contribution is -0.234. The van der Waals surface area contributed by atoms with E-state index in [0.717, 1.165) is 30.4 Å². The van der Waals surface area contributed by atoms with Crippen LogP contribution in [0.1, 0.15) is 99.8 Å². The Hall–Kier alpha value is -1.95. The van der Waals surface area contributed by atoms with E-state index in [4.69, 9.17) is 4.74 Å².